The zero-order valence-corrected chi connectivity index (χ0v) is 19.8. The molecule has 2 heterocycles. The van der Waals surface area contributed by atoms with Crippen LogP contribution in [0.4, 0.5) is 5.69 Å². The van der Waals surface area contributed by atoms with Gasteiger partial charge in [-0.05, 0) is 49.3 Å². The van der Waals surface area contributed by atoms with E-state index in [0.717, 1.165) is 24.0 Å². The Morgan fingerprint density at radius 1 is 1.16 bits per heavy atom. The second kappa shape index (κ2) is 11.0. The monoisotopic (exact) mass is 427 g/mol. The minimum Gasteiger partial charge on any atom is -0.394 e. The van der Waals surface area contributed by atoms with Gasteiger partial charge in [0.1, 0.15) is 6.04 Å². The first-order valence-electron chi connectivity index (χ1n) is 12.2. The number of amides is 1. The van der Waals surface area contributed by atoms with Gasteiger partial charge in [-0.15, -0.1) is 0 Å². The SMILES string of the molecule is CCCCCCCCc1[nH]c2cccc3c2c1C[C@@H](CO)NC(=O)[C@H](CC(C)C)N3C. The first-order chi connectivity index (χ1) is 15.0. The van der Waals surface area contributed by atoms with Gasteiger partial charge in [0.2, 0.25) is 5.91 Å². The van der Waals surface area contributed by atoms with Gasteiger partial charge in [-0.1, -0.05) is 58.9 Å². The maximum Gasteiger partial charge on any atom is 0.243 e. The first-order valence-corrected chi connectivity index (χ1v) is 12.2. The lowest BCUT2D eigenvalue weighted by molar-refractivity contribution is -0.123. The van der Waals surface area contributed by atoms with Gasteiger partial charge in [-0.25, -0.2) is 0 Å². The third-order valence-corrected chi connectivity index (χ3v) is 6.64. The van der Waals surface area contributed by atoms with Crippen molar-refractivity contribution in [2.24, 2.45) is 5.92 Å². The van der Waals surface area contributed by atoms with Gasteiger partial charge in [0, 0.05) is 29.3 Å². The van der Waals surface area contributed by atoms with E-state index < -0.39 is 0 Å². The van der Waals surface area contributed by atoms with Crippen LogP contribution in [0.5, 0.6) is 0 Å². The Labute approximate surface area is 187 Å². The molecule has 0 unspecified atom stereocenters. The third kappa shape index (κ3) is 5.62. The molecule has 2 atom stereocenters. The summed E-state index contributed by atoms with van der Waals surface area (Å²) in [6.45, 7) is 6.51. The number of aromatic amines is 1. The number of unbranched alkanes of at least 4 members (excludes halogenated alkanes) is 5. The van der Waals surface area contributed by atoms with Gasteiger partial charge in [0.05, 0.1) is 12.6 Å². The number of carbonyl (C=O) groups excluding carboxylic acids is 1. The molecule has 0 spiro atoms. The highest BCUT2D eigenvalue weighted by atomic mass is 16.3. The van der Waals surface area contributed by atoms with Gasteiger partial charge in [-0.3, -0.25) is 4.79 Å². The molecule has 1 amide bonds. The molecule has 1 aromatic heterocycles. The maximum atomic E-state index is 13.1. The number of nitrogens with zero attached hydrogens (tertiary/aromatic N) is 1. The first kappa shape index (κ1) is 23.6. The summed E-state index contributed by atoms with van der Waals surface area (Å²) in [6.07, 6.45) is 10.1. The van der Waals surface area contributed by atoms with E-state index >= 15 is 0 Å². The number of nitrogens with one attached hydrogen (secondary N) is 2. The van der Waals surface area contributed by atoms with E-state index in [-0.39, 0.29) is 24.6 Å². The molecule has 5 nitrogen and oxygen atoms in total. The van der Waals surface area contributed by atoms with Crippen molar-refractivity contribution < 1.29 is 9.90 Å². The summed E-state index contributed by atoms with van der Waals surface area (Å²) < 4.78 is 0. The van der Waals surface area contributed by atoms with E-state index in [1.807, 2.05) is 7.05 Å². The highest BCUT2D eigenvalue weighted by Gasteiger charge is 2.31. The molecule has 3 N–H and O–H groups in total. The second-order valence-corrected chi connectivity index (χ2v) is 9.65. The molecular formula is C26H41N3O2. The van der Waals surface area contributed by atoms with Crippen LogP contribution in [0.1, 0.15) is 77.0 Å². The van der Waals surface area contributed by atoms with Crippen molar-refractivity contribution in [2.75, 3.05) is 18.6 Å². The molecule has 0 fully saturated rings. The van der Waals surface area contributed by atoms with Crippen LogP contribution < -0.4 is 10.2 Å². The molecule has 3 rings (SSSR count). The smallest absolute Gasteiger partial charge is 0.243 e. The van der Waals surface area contributed by atoms with Crippen molar-refractivity contribution in [3.05, 3.63) is 29.5 Å². The van der Waals surface area contributed by atoms with Crippen molar-refractivity contribution in [3.8, 4) is 0 Å². The molecule has 0 radical (unpaired) electrons. The number of benzene rings is 1. The Morgan fingerprint density at radius 2 is 1.90 bits per heavy atom. The highest BCUT2D eigenvalue weighted by molar-refractivity contribution is 5.99. The summed E-state index contributed by atoms with van der Waals surface area (Å²) >= 11 is 0. The number of anilines is 1. The lowest BCUT2D eigenvalue weighted by Crippen LogP contribution is -2.50. The van der Waals surface area contributed by atoms with Crippen molar-refractivity contribution in [1.82, 2.24) is 10.3 Å². The number of aryl methyl sites for hydroxylation is 1. The van der Waals surface area contributed by atoms with E-state index in [2.05, 4.69) is 54.2 Å². The van der Waals surface area contributed by atoms with Crippen LogP contribution in [0.15, 0.2) is 18.2 Å². The molecule has 0 saturated carbocycles. The molecule has 31 heavy (non-hydrogen) atoms. The lowest BCUT2D eigenvalue weighted by atomic mass is 9.98. The molecule has 1 aromatic carbocycles. The largest absolute Gasteiger partial charge is 0.394 e. The van der Waals surface area contributed by atoms with Crippen LogP contribution in [-0.4, -0.2) is 41.7 Å². The summed E-state index contributed by atoms with van der Waals surface area (Å²) in [5, 5.41) is 14.4. The minimum atomic E-state index is -0.260. The lowest BCUT2D eigenvalue weighted by Gasteiger charge is -2.31. The van der Waals surface area contributed by atoms with Crippen molar-refractivity contribution in [2.45, 2.75) is 90.6 Å². The van der Waals surface area contributed by atoms with Gasteiger partial charge in [-0.2, -0.15) is 0 Å². The number of carbonyl (C=O) groups is 1. The Bertz CT molecular complexity index is 858. The average molecular weight is 428 g/mol. The Morgan fingerprint density at radius 3 is 2.61 bits per heavy atom. The number of aliphatic hydroxyl groups is 1. The topological polar surface area (TPSA) is 68.4 Å². The molecule has 2 aromatic rings. The van der Waals surface area contributed by atoms with E-state index in [1.165, 1.54) is 55.2 Å². The predicted molar refractivity (Wildman–Crippen MR) is 130 cm³/mol. The fourth-order valence-corrected chi connectivity index (χ4v) is 4.93. The maximum absolute atomic E-state index is 13.1. The van der Waals surface area contributed by atoms with E-state index in [1.54, 1.807) is 0 Å². The second-order valence-electron chi connectivity index (χ2n) is 9.65. The molecule has 0 saturated heterocycles. The Balaban J connectivity index is 1.95. The van der Waals surface area contributed by atoms with Crippen LogP contribution in [-0.2, 0) is 17.6 Å². The Kier molecular flexibility index (Phi) is 8.42. The van der Waals surface area contributed by atoms with E-state index in [4.69, 9.17) is 0 Å². The fourth-order valence-electron chi connectivity index (χ4n) is 4.93. The van der Waals surface area contributed by atoms with E-state index in [9.17, 15) is 9.90 Å². The van der Waals surface area contributed by atoms with Crippen LogP contribution >= 0.6 is 0 Å². The summed E-state index contributed by atoms with van der Waals surface area (Å²) in [4.78, 5) is 19.0. The molecule has 172 valence electrons. The number of likely N-dealkylation sites (N-methyl/N-ethyl adjacent to an activating group) is 1. The summed E-state index contributed by atoms with van der Waals surface area (Å²) in [5.74, 6) is 0.415. The average Bonchev–Trinajstić information content (AvgIpc) is 3.11. The molecule has 0 aliphatic carbocycles. The standard InChI is InChI=1S/C26H41N3O2/c1-5-6-7-8-9-10-12-21-20-16-19(17-30)27-26(31)24(15-18(2)3)29(4)23-14-11-13-22(28-21)25(20)23/h11,13-14,18-19,24,28,30H,5-10,12,15-17H2,1-4H3,(H,27,31)/t19-,24-/m0/s1. The van der Waals surface area contributed by atoms with Crippen LogP contribution in [0.3, 0.4) is 0 Å². The molecule has 1 aliphatic heterocycles. The van der Waals surface area contributed by atoms with Gasteiger partial charge in [0.25, 0.3) is 0 Å². The van der Waals surface area contributed by atoms with E-state index in [0.29, 0.717) is 12.3 Å². The minimum absolute atomic E-state index is 0.0128. The fraction of sp³-hybridized carbons (Fsp3) is 0.654. The summed E-state index contributed by atoms with van der Waals surface area (Å²) in [5.41, 5.74) is 4.77. The van der Waals surface area contributed by atoms with Crippen molar-refractivity contribution in [1.29, 1.82) is 0 Å². The van der Waals surface area contributed by atoms with Crippen LogP contribution in [0.25, 0.3) is 10.9 Å². The normalized spacial score (nSPS) is 19.4. The molecular weight excluding hydrogens is 386 g/mol. The van der Waals surface area contributed by atoms with Crippen molar-refractivity contribution >= 4 is 22.5 Å². The van der Waals surface area contributed by atoms with Crippen LogP contribution in [0.2, 0.25) is 0 Å². The van der Waals surface area contributed by atoms with Gasteiger partial charge in [0.15, 0.2) is 0 Å². The van der Waals surface area contributed by atoms with Gasteiger partial charge < -0.3 is 20.3 Å². The summed E-state index contributed by atoms with van der Waals surface area (Å²) in [6, 6.07) is 5.84. The van der Waals surface area contributed by atoms with Gasteiger partial charge >= 0.3 is 0 Å². The number of hydrogen-bond donors (Lipinski definition) is 3. The number of aromatic nitrogens is 1. The number of aliphatic hydroxyl groups excluding tert-OH is 1. The zero-order chi connectivity index (χ0) is 22.4. The molecule has 5 heteroatoms. The predicted octanol–water partition coefficient (Wildman–Crippen LogP) is 4.96. The number of rotatable bonds is 10. The highest BCUT2D eigenvalue weighted by Crippen LogP contribution is 2.35. The molecule has 1 aliphatic rings. The third-order valence-electron chi connectivity index (χ3n) is 6.64. The van der Waals surface area contributed by atoms with Crippen molar-refractivity contribution in [3.63, 3.8) is 0 Å². The quantitative estimate of drug-likeness (QED) is 0.470. The van der Waals surface area contributed by atoms with Crippen LogP contribution in [0, 0.1) is 5.92 Å². The summed E-state index contributed by atoms with van der Waals surface area (Å²) in [7, 11) is 2.03. The number of hydrogen-bond acceptors (Lipinski definition) is 3. The number of H-pyrrole nitrogens is 1. The molecule has 0 bridgehead atoms. The Hall–Kier alpha value is -2.01. The zero-order valence-electron chi connectivity index (χ0n) is 19.8.